The second-order valence-electron chi connectivity index (χ2n) is 4.11. The average molecular weight is 341 g/mol. The number of sulfonamides is 1. The summed E-state index contributed by atoms with van der Waals surface area (Å²) in [6.07, 6.45) is 0. The number of para-hydroxylation sites is 1. The van der Waals surface area contributed by atoms with Gasteiger partial charge in [0.2, 0.25) is 0 Å². The number of nitrogens with two attached hydrogens (primary N) is 1. The number of aryl methyl sites for hydroxylation is 1. The van der Waals surface area contributed by atoms with Crippen molar-refractivity contribution in [2.45, 2.75) is 11.8 Å². The van der Waals surface area contributed by atoms with Gasteiger partial charge in [-0.25, -0.2) is 8.42 Å². The predicted octanol–water partition coefficient (Wildman–Crippen LogP) is 3.14. The molecular weight excluding hydrogens is 328 g/mol. The van der Waals surface area contributed by atoms with Gasteiger partial charge in [-0.1, -0.05) is 28.1 Å². The predicted molar refractivity (Wildman–Crippen MR) is 80.5 cm³/mol. The van der Waals surface area contributed by atoms with Crippen molar-refractivity contribution < 1.29 is 8.42 Å². The zero-order chi connectivity index (χ0) is 14.0. The molecule has 0 radical (unpaired) electrons. The lowest BCUT2D eigenvalue weighted by Crippen LogP contribution is -2.14. The third-order valence-corrected chi connectivity index (χ3v) is 4.96. The Hall–Kier alpha value is -1.53. The molecule has 2 aromatic carbocycles. The van der Waals surface area contributed by atoms with E-state index in [1.807, 2.05) is 6.92 Å². The minimum atomic E-state index is -3.66. The number of hydrogen-bond donors (Lipinski definition) is 2. The van der Waals surface area contributed by atoms with Crippen molar-refractivity contribution in [1.82, 2.24) is 0 Å². The van der Waals surface area contributed by atoms with Gasteiger partial charge >= 0.3 is 0 Å². The number of halogens is 1. The number of nitrogens with one attached hydrogen (secondary N) is 1. The zero-order valence-corrected chi connectivity index (χ0v) is 12.6. The van der Waals surface area contributed by atoms with Gasteiger partial charge in [-0.2, -0.15) is 0 Å². The van der Waals surface area contributed by atoms with Gasteiger partial charge in [-0.05, 0) is 42.8 Å². The lowest BCUT2D eigenvalue weighted by atomic mass is 10.2. The lowest BCUT2D eigenvalue weighted by Gasteiger charge is -2.11. The van der Waals surface area contributed by atoms with Gasteiger partial charge in [-0.15, -0.1) is 0 Å². The first-order valence-electron chi connectivity index (χ1n) is 5.53. The van der Waals surface area contributed by atoms with E-state index in [0.717, 1.165) is 10.0 Å². The molecule has 0 aliphatic rings. The number of rotatable bonds is 3. The number of nitrogen functional groups attached to an aromatic ring is 1. The number of benzene rings is 2. The van der Waals surface area contributed by atoms with E-state index in [2.05, 4.69) is 20.7 Å². The average Bonchev–Trinajstić information content (AvgIpc) is 2.34. The van der Waals surface area contributed by atoms with E-state index in [1.165, 1.54) is 6.07 Å². The molecule has 0 amide bonds. The first kappa shape index (κ1) is 13.9. The Morgan fingerprint density at radius 2 is 1.84 bits per heavy atom. The summed E-state index contributed by atoms with van der Waals surface area (Å²) in [5.74, 6) is 0. The highest BCUT2D eigenvalue weighted by Gasteiger charge is 2.17. The minimum Gasteiger partial charge on any atom is -0.398 e. The molecule has 100 valence electrons. The van der Waals surface area contributed by atoms with Crippen LogP contribution in [0.25, 0.3) is 0 Å². The van der Waals surface area contributed by atoms with Crippen LogP contribution in [-0.2, 0) is 10.0 Å². The molecule has 0 saturated heterocycles. The topological polar surface area (TPSA) is 72.2 Å². The molecule has 0 aliphatic carbocycles. The number of hydrogen-bond acceptors (Lipinski definition) is 3. The van der Waals surface area contributed by atoms with Crippen molar-refractivity contribution in [2.24, 2.45) is 0 Å². The monoisotopic (exact) mass is 340 g/mol. The SMILES string of the molecule is Cc1cc(NS(=O)(=O)c2ccccc2N)ccc1Br. The highest BCUT2D eigenvalue weighted by Crippen LogP contribution is 2.24. The smallest absolute Gasteiger partial charge is 0.263 e. The van der Waals surface area contributed by atoms with E-state index in [-0.39, 0.29) is 10.6 Å². The zero-order valence-electron chi connectivity index (χ0n) is 10.2. The van der Waals surface area contributed by atoms with Crippen LogP contribution in [0, 0.1) is 6.92 Å². The van der Waals surface area contributed by atoms with E-state index in [9.17, 15) is 8.42 Å². The van der Waals surface area contributed by atoms with Crippen LogP contribution in [0.1, 0.15) is 5.56 Å². The maximum Gasteiger partial charge on any atom is 0.263 e. The standard InChI is InChI=1S/C13H13BrN2O2S/c1-9-8-10(6-7-11(9)14)16-19(17,18)13-5-3-2-4-12(13)15/h2-8,16H,15H2,1H3. The molecule has 2 rings (SSSR count). The Balaban J connectivity index is 2.37. The quantitative estimate of drug-likeness (QED) is 0.843. The molecule has 3 N–H and O–H groups in total. The summed E-state index contributed by atoms with van der Waals surface area (Å²) in [6, 6.07) is 11.6. The molecule has 0 aromatic heterocycles. The first-order valence-corrected chi connectivity index (χ1v) is 7.81. The summed E-state index contributed by atoms with van der Waals surface area (Å²) in [5, 5.41) is 0. The molecule has 0 atom stereocenters. The van der Waals surface area contributed by atoms with E-state index in [1.54, 1.807) is 36.4 Å². The van der Waals surface area contributed by atoms with E-state index in [4.69, 9.17) is 5.73 Å². The Labute approximate surface area is 120 Å². The van der Waals surface area contributed by atoms with Gasteiger partial charge in [-0.3, -0.25) is 4.72 Å². The Bertz CT molecular complexity index is 714. The van der Waals surface area contributed by atoms with Crippen LogP contribution in [0.2, 0.25) is 0 Å². The summed E-state index contributed by atoms with van der Waals surface area (Å²) in [5.41, 5.74) is 7.36. The van der Waals surface area contributed by atoms with Gasteiger partial charge < -0.3 is 5.73 Å². The van der Waals surface area contributed by atoms with Crippen molar-refractivity contribution in [2.75, 3.05) is 10.5 Å². The van der Waals surface area contributed by atoms with Crippen LogP contribution in [0.3, 0.4) is 0 Å². The van der Waals surface area contributed by atoms with E-state index in [0.29, 0.717) is 5.69 Å². The third kappa shape index (κ3) is 3.08. The molecule has 0 fully saturated rings. The molecule has 0 spiro atoms. The van der Waals surface area contributed by atoms with Gasteiger partial charge in [0, 0.05) is 10.2 Å². The van der Waals surface area contributed by atoms with Crippen LogP contribution in [-0.4, -0.2) is 8.42 Å². The van der Waals surface area contributed by atoms with Gasteiger partial charge in [0.1, 0.15) is 4.90 Å². The molecule has 0 bridgehead atoms. The maximum absolute atomic E-state index is 12.2. The van der Waals surface area contributed by atoms with Gasteiger partial charge in [0.05, 0.1) is 5.69 Å². The van der Waals surface area contributed by atoms with Crippen molar-refractivity contribution in [3.63, 3.8) is 0 Å². The summed E-state index contributed by atoms with van der Waals surface area (Å²) in [4.78, 5) is 0.0792. The van der Waals surface area contributed by atoms with Crippen molar-refractivity contribution in [1.29, 1.82) is 0 Å². The molecule has 0 aliphatic heterocycles. The largest absolute Gasteiger partial charge is 0.398 e. The summed E-state index contributed by atoms with van der Waals surface area (Å²) in [6.45, 7) is 1.89. The highest BCUT2D eigenvalue weighted by atomic mass is 79.9. The fourth-order valence-corrected chi connectivity index (χ4v) is 3.07. The second-order valence-corrected chi connectivity index (χ2v) is 6.61. The third-order valence-electron chi connectivity index (χ3n) is 2.62. The molecular formula is C13H13BrN2O2S. The molecule has 4 nitrogen and oxygen atoms in total. The van der Waals surface area contributed by atoms with E-state index >= 15 is 0 Å². The van der Waals surface area contributed by atoms with Crippen LogP contribution >= 0.6 is 15.9 Å². The molecule has 0 saturated carbocycles. The van der Waals surface area contributed by atoms with Gasteiger partial charge in [0.15, 0.2) is 0 Å². The normalized spacial score (nSPS) is 11.3. The molecule has 0 heterocycles. The highest BCUT2D eigenvalue weighted by molar-refractivity contribution is 9.10. The van der Waals surface area contributed by atoms with Crippen LogP contribution in [0.4, 0.5) is 11.4 Å². The summed E-state index contributed by atoms with van der Waals surface area (Å²) >= 11 is 3.37. The van der Waals surface area contributed by atoms with Gasteiger partial charge in [0.25, 0.3) is 10.0 Å². The summed E-state index contributed by atoms with van der Waals surface area (Å²) in [7, 11) is -3.66. The fourth-order valence-electron chi connectivity index (χ4n) is 1.64. The van der Waals surface area contributed by atoms with Crippen molar-refractivity contribution in [3.8, 4) is 0 Å². The first-order chi connectivity index (χ1) is 8.90. The second kappa shape index (κ2) is 5.22. The molecule has 0 unspecified atom stereocenters. The van der Waals surface area contributed by atoms with Crippen LogP contribution in [0.5, 0.6) is 0 Å². The Morgan fingerprint density at radius 1 is 1.16 bits per heavy atom. The fraction of sp³-hybridized carbons (Fsp3) is 0.0769. The van der Waals surface area contributed by atoms with Crippen molar-refractivity contribution in [3.05, 3.63) is 52.5 Å². The molecule has 2 aromatic rings. The summed E-state index contributed by atoms with van der Waals surface area (Å²) < 4.78 is 27.9. The van der Waals surface area contributed by atoms with Crippen molar-refractivity contribution >= 4 is 37.3 Å². The van der Waals surface area contributed by atoms with Crippen LogP contribution in [0.15, 0.2) is 51.8 Å². The number of anilines is 2. The van der Waals surface area contributed by atoms with Crippen LogP contribution < -0.4 is 10.5 Å². The molecule has 19 heavy (non-hydrogen) atoms. The Morgan fingerprint density at radius 3 is 2.47 bits per heavy atom. The lowest BCUT2D eigenvalue weighted by molar-refractivity contribution is 0.601. The maximum atomic E-state index is 12.2. The molecule has 6 heteroatoms. The van der Waals surface area contributed by atoms with E-state index < -0.39 is 10.0 Å². The Kier molecular flexibility index (Phi) is 3.82. The minimum absolute atomic E-state index is 0.0792.